The van der Waals surface area contributed by atoms with Crippen molar-refractivity contribution in [1.82, 2.24) is 4.90 Å². The number of carbonyl (C=O) groups excluding carboxylic acids is 2. The van der Waals surface area contributed by atoms with Gasteiger partial charge in [-0.2, -0.15) is 0 Å². The fourth-order valence-corrected chi connectivity index (χ4v) is 3.20. The third kappa shape index (κ3) is 4.35. The van der Waals surface area contributed by atoms with E-state index in [-0.39, 0.29) is 24.2 Å². The van der Waals surface area contributed by atoms with Crippen molar-refractivity contribution < 1.29 is 14.3 Å². The molecule has 0 spiro atoms. The summed E-state index contributed by atoms with van der Waals surface area (Å²) in [6.07, 6.45) is 0.980. The molecule has 1 aliphatic rings. The predicted octanol–water partition coefficient (Wildman–Crippen LogP) is 3.38. The number of para-hydroxylation sites is 1. The topological polar surface area (TPSA) is 58.6 Å². The molecule has 1 heterocycles. The monoisotopic (exact) mass is 372 g/mol. The molecule has 0 saturated carbocycles. The van der Waals surface area contributed by atoms with Crippen LogP contribution in [0.25, 0.3) is 0 Å². The Kier molecular flexibility index (Phi) is 5.78. The first-order valence-electron chi connectivity index (χ1n) is 8.53. The molecule has 1 atom stereocenters. The third-order valence-electron chi connectivity index (χ3n) is 4.55. The number of ether oxygens (including phenoxy) is 1. The van der Waals surface area contributed by atoms with Gasteiger partial charge in [0.15, 0.2) is 0 Å². The Balaban J connectivity index is 1.54. The summed E-state index contributed by atoms with van der Waals surface area (Å²) in [6, 6.07) is 14.9. The summed E-state index contributed by atoms with van der Waals surface area (Å²) in [4.78, 5) is 26.4. The van der Waals surface area contributed by atoms with E-state index >= 15 is 0 Å². The number of benzene rings is 2. The zero-order valence-corrected chi connectivity index (χ0v) is 15.3. The Bertz CT molecular complexity index is 792. The lowest BCUT2D eigenvalue weighted by atomic mass is 10.1. The van der Waals surface area contributed by atoms with Crippen LogP contribution in [0.2, 0.25) is 5.02 Å². The summed E-state index contributed by atoms with van der Waals surface area (Å²) in [5.74, 6) is 0.299. The van der Waals surface area contributed by atoms with Crippen molar-refractivity contribution in [3.63, 3.8) is 0 Å². The van der Waals surface area contributed by atoms with Crippen molar-refractivity contribution in [3.05, 3.63) is 59.1 Å². The first kappa shape index (κ1) is 18.3. The predicted molar refractivity (Wildman–Crippen MR) is 101 cm³/mol. The molecule has 1 saturated heterocycles. The van der Waals surface area contributed by atoms with E-state index in [0.717, 1.165) is 17.7 Å². The van der Waals surface area contributed by atoms with Gasteiger partial charge in [-0.05, 0) is 36.2 Å². The lowest BCUT2D eigenvalue weighted by Crippen LogP contribution is -2.30. The molecule has 136 valence electrons. The molecule has 26 heavy (non-hydrogen) atoms. The average Bonchev–Trinajstić information content (AvgIpc) is 3.03. The Labute approximate surface area is 157 Å². The smallest absolute Gasteiger partial charge is 0.229 e. The van der Waals surface area contributed by atoms with Crippen LogP contribution in [-0.4, -0.2) is 36.9 Å². The number of hydrogen-bond donors (Lipinski definition) is 1. The number of methoxy groups -OCH3 is 1. The number of anilines is 1. The van der Waals surface area contributed by atoms with Crippen LogP contribution in [0.3, 0.4) is 0 Å². The van der Waals surface area contributed by atoms with Gasteiger partial charge in [0.05, 0.1) is 23.7 Å². The van der Waals surface area contributed by atoms with Gasteiger partial charge in [0.2, 0.25) is 11.8 Å². The first-order chi connectivity index (χ1) is 12.6. The van der Waals surface area contributed by atoms with Crippen molar-refractivity contribution in [2.45, 2.75) is 12.8 Å². The molecule has 1 fully saturated rings. The molecular formula is C20H21ClN2O3. The molecule has 6 heteroatoms. The van der Waals surface area contributed by atoms with Crippen LogP contribution < -0.4 is 10.1 Å². The van der Waals surface area contributed by atoms with Crippen LogP contribution in [0.5, 0.6) is 5.75 Å². The maximum absolute atomic E-state index is 12.4. The fraction of sp³-hybridized carbons (Fsp3) is 0.300. The van der Waals surface area contributed by atoms with E-state index in [1.54, 1.807) is 30.2 Å². The number of carbonyl (C=O) groups is 2. The normalized spacial score (nSPS) is 16.6. The molecule has 0 aromatic heterocycles. The molecule has 5 nitrogen and oxygen atoms in total. The fourth-order valence-electron chi connectivity index (χ4n) is 3.02. The maximum Gasteiger partial charge on any atom is 0.229 e. The minimum Gasteiger partial charge on any atom is -0.497 e. The van der Waals surface area contributed by atoms with Gasteiger partial charge in [0.25, 0.3) is 0 Å². The summed E-state index contributed by atoms with van der Waals surface area (Å²) in [5, 5.41) is 3.30. The van der Waals surface area contributed by atoms with Crippen molar-refractivity contribution in [1.29, 1.82) is 0 Å². The molecule has 1 unspecified atom stereocenters. The van der Waals surface area contributed by atoms with Gasteiger partial charge in [-0.1, -0.05) is 35.9 Å². The highest BCUT2D eigenvalue weighted by Gasteiger charge is 2.34. The van der Waals surface area contributed by atoms with Crippen LogP contribution in [0.1, 0.15) is 12.0 Å². The standard InChI is InChI=1S/C20H21ClN2O3/c1-26-16-8-6-14(7-9-16)10-11-23-13-15(12-19(23)24)20(25)22-18-5-3-2-4-17(18)21/h2-9,15H,10-13H2,1H3,(H,22,25). The van der Waals surface area contributed by atoms with Gasteiger partial charge in [-0.25, -0.2) is 0 Å². The number of nitrogens with one attached hydrogen (secondary N) is 1. The van der Waals surface area contributed by atoms with Crippen LogP contribution in [-0.2, 0) is 16.0 Å². The average molecular weight is 373 g/mol. The number of nitrogens with zero attached hydrogens (tertiary/aromatic N) is 1. The maximum atomic E-state index is 12.4. The van der Waals surface area contributed by atoms with Crippen molar-refractivity contribution in [3.8, 4) is 5.75 Å². The molecule has 3 rings (SSSR count). The van der Waals surface area contributed by atoms with Crippen LogP contribution in [0.4, 0.5) is 5.69 Å². The van der Waals surface area contributed by atoms with Gasteiger partial charge in [0, 0.05) is 19.5 Å². The summed E-state index contributed by atoms with van der Waals surface area (Å²) >= 11 is 6.07. The Morgan fingerprint density at radius 1 is 1.23 bits per heavy atom. The quantitative estimate of drug-likeness (QED) is 0.845. The zero-order valence-electron chi connectivity index (χ0n) is 14.6. The number of amides is 2. The molecule has 0 bridgehead atoms. The van der Waals surface area contributed by atoms with Gasteiger partial charge in [-0.3, -0.25) is 9.59 Å². The second-order valence-corrected chi connectivity index (χ2v) is 6.72. The number of rotatable bonds is 6. The largest absolute Gasteiger partial charge is 0.497 e. The molecule has 1 aliphatic heterocycles. The van der Waals surface area contributed by atoms with E-state index in [2.05, 4.69) is 5.32 Å². The molecular weight excluding hydrogens is 352 g/mol. The van der Waals surface area contributed by atoms with Gasteiger partial charge in [-0.15, -0.1) is 0 Å². The van der Waals surface area contributed by atoms with E-state index in [1.165, 1.54) is 0 Å². The lowest BCUT2D eigenvalue weighted by molar-refractivity contribution is -0.128. The number of halogens is 1. The minimum absolute atomic E-state index is 0.0119. The molecule has 2 aromatic carbocycles. The summed E-state index contributed by atoms with van der Waals surface area (Å²) in [6.45, 7) is 1.03. The molecule has 0 aliphatic carbocycles. The summed E-state index contributed by atoms with van der Waals surface area (Å²) < 4.78 is 5.14. The summed E-state index contributed by atoms with van der Waals surface area (Å²) in [7, 11) is 1.63. The zero-order chi connectivity index (χ0) is 18.5. The molecule has 0 radical (unpaired) electrons. The van der Waals surface area contributed by atoms with Crippen LogP contribution in [0.15, 0.2) is 48.5 Å². The second-order valence-electron chi connectivity index (χ2n) is 6.31. The molecule has 2 amide bonds. The van der Waals surface area contributed by atoms with Crippen LogP contribution in [0, 0.1) is 5.92 Å². The van der Waals surface area contributed by atoms with Crippen molar-refractivity contribution >= 4 is 29.1 Å². The van der Waals surface area contributed by atoms with E-state index in [1.807, 2.05) is 30.3 Å². The third-order valence-corrected chi connectivity index (χ3v) is 4.88. The highest BCUT2D eigenvalue weighted by atomic mass is 35.5. The Morgan fingerprint density at radius 2 is 1.96 bits per heavy atom. The highest BCUT2D eigenvalue weighted by molar-refractivity contribution is 6.33. The van der Waals surface area contributed by atoms with Gasteiger partial charge >= 0.3 is 0 Å². The molecule has 1 N–H and O–H groups in total. The van der Waals surface area contributed by atoms with E-state index in [0.29, 0.717) is 23.8 Å². The number of hydrogen-bond acceptors (Lipinski definition) is 3. The van der Waals surface area contributed by atoms with Crippen LogP contribution >= 0.6 is 11.6 Å². The first-order valence-corrected chi connectivity index (χ1v) is 8.90. The lowest BCUT2D eigenvalue weighted by Gasteiger charge is -2.17. The van der Waals surface area contributed by atoms with Gasteiger partial charge < -0.3 is 15.0 Å². The van der Waals surface area contributed by atoms with E-state index in [9.17, 15) is 9.59 Å². The summed E-state index contributed by atoms with van der Waals surface area (Å²) in [5.41, 5.74) is 1.70. The van der Waals surface area contributed by atoms with Crippen molar-refractivity contribution in [2.24, 2.45) is 5.92 Å². The number of likely N-dealkylation sites (tertiary alicyclic amines) is 1. The van der Waals surface area contributed by atoms with E-state index < -0.39 is 0 Å². The van der Waals surface area contributed by atoms with E-state index in [4.69, 9.17) is 16.3 Å². The Morgan fingerprint density at radius 3 is 2.65 bits per heavy atom. The van der Waals surface area contributed by atoms with Gasteiger partial charge in [0.1, 0.15) is 5.75 Å². The highest BCUT2D eigenvalue weighted by Crippen LogP contribution is 2.24. The second kappa shape index (κ2) is 8.23. The minimum atomic E-state index is -0.352. The Hall–Kier alpha value is -2.53. The van der Waals surface area contributed by atoms with Crippen molar-refractivity contribution in [2.75, 3.05) is 25.5 Å². The SMILES string of the molecule is COc1ccc(CCN2CC(C(=O)Nc3ccccc3Cl)CC2=O)cc1. The molecule has 2 aromatic rings.